The molecule has 1 aromatic heterocycles. The first kappa shape index (κ1) is 20.2. The van der Waals surface area contributed by atoms with Crippen LogP contribution < -0.4 is 10.2 Å². The molecular weight excluding hydrogens is 390 g/mol. The van der Waals surface area contributed by atoms with Gasteiger partial charge in [0, 0.05) is 5.38 Å². The first-order valence-corrected chi connectivity index (χ1v) is 9.82. The van der Waals surface area contributed by atoms with Gasteiger partial charge in [-0.1, -0.05) is 49.4 Å². The average molecular weight is 409 g/mol. The second-order valence-corrected chi connectivity index (χ2v) is 7.01. The van der Waals surface area contributed by atoms with Gasteiger partial charge in [-0.2, -0.15) is 5.10 Å². The minimum Gasteiger partial charge on any atom is -0.488 e. The molecule has 0 saturated heterocycles. The van der Waals surface area contributed by atoms with Gasteiger partial charge in [-0.15, -0.1) is 11.3 Å². The first-order chi connectivity index (χ1) is 14.1. The lowest BCUT2D eigenvalue weighted by atomic mass is 10.2. The summed E-state index contributed by atoms with van der Waals surface area (Å²) in [6.07, 6.45) is 1.85. The molecule has 0 fully saturated rings. The van der Waals surface area contributed by atoms with Gasteiger partial charge in [-0.3, -0.25) is 14.9 Å². The molecule has 148 valence electrons. The van der Waals surface area contributed by atoms with Crippen LogP contribution in [0.3, 0.4) is 0 Å². The summed E-state index contributed by atoms with van der Waals surface area (Å²) in [5.41, 5.74) is 4.12. The molecule has 0 unspecified atom stereocenters. The van der Waals surface area contributed by atoms with Crippen LogP contribution in [0.15, 0.2) is 65.1 Å². The molecule has 0 aliphatic carbocycles. The molecule has 1 amide bonds. The second kappa shape index (κ2) is 9.61. The monoisotopic (exact) mass is 409 g/mol. The summed E-state index contributed by atoms with van der Waals surface area (Å²) < 4.78 is 5.78. The van der Waals surface area contributed by atoms with Crippen LogP contribution >= 0.6 is 11.3 Å². The maximum atomic E-state index is 12.5. The maximum absolute atomic E-state index is 12.5. The zero-order valence-corrected chi connectivity index (χ0v) is 16.5. The van der Waals surface area contributed by atoms with Crippen molar-refractivity contribution in [2.45, 2.75) is 20.0 Å². The summed E-state index contributed by atoms with van der Waals surface area (Å²) in [6.45, 7) is 2.18. The molecule has 29 heavy (non-hydrogen) atoms. The topological polar surface area (TPSA) is 93.8 Å². The number of aryl methyl sites for hydroxylation is 1. The number of hydrazone groups is 1. The van der Waals surface area contributed by atoms with Gasteiger partial charge in [0.1, 0.15) is 12.4 Å². The van der Waals surface area contributed by atoms with E-state index < -0.39 is 10.8 Å². The third-order valence-electron chi connectivity index (χ3n) is 4.11. The summed E-state index contributed by atoms with van der Waals surface area (Å²) in [7, 11) is 0. The van der Waals surface area contributed by atoms with Crippen LogP contribution in [0.2, 0.25) is 0 Å². The fraction of sp³-hybridized carbons (Fsp3) is 0.143. The lowest BCUT2D eigenvalue weighted by Crippen LogP contribution is -2.18. The molecule has 0 radical (unpaired) electrons. The number of ether oxygens (including phenoxy) is 1. The molecule has 0 aliphatic heterocycles. The van der Waals surface area contributed by atoms with Crippen molar-refractivity contribution in [3.05, 3.63) is 91.7 Å². The Balaban J connectivity index is 1.69. The number of hydrogen-bond acceptors (Lipinski definition) is 6. The van der Waals surface area contributed by atoms with Crippen molar-refractivity contribution in [1.29, 1.82) is 0 Å². The van der Waals surface area contributed by atoms with Crippen molar-refractivity contribution in [3.63, 3.8) is 0 Å². The van der Waals surface area contributed by atoms with Crippen LogP contribution in [0.5, 0.6) is 5.75 Å². The molecule has 1 N–H and O–H groups in total. The minimum atomic E-state index is -0.460. The number of carbonyl (C=O) groups is 1. The summed E-state index contributed by atoms with van der Waals surface area (Å²) >= 11 is 1.30. The number of amides is 1. The van der Waals surface area contributed by atoms with Crippen LogP contribution in [0, 0.1) is 10.1 Å². The standard InChI is InChI=1S/C21H19N3O4S/c1-2-19-20(24(26)27)16(14-29-19)12-22-23-21(25)17-10-6-7-11-18(17)28-13-15-8-4-3-5-9-15/h3-12,14H,2,13H2,1H3,(H,23,25)/b22-12+. The second-order valence-electron chi connectivity index (χ2n) is 6.04. The lowest BCUT2D eigenvalue weighted by molar-refractivity contribution is -0.385. The summed E-state index contributed by atoms with van der Waals surface area (Å²) in [5, 5.41) is 16.8. The molecular formula is C21H19N3O4S. The highest BCUT2D eigenvalue weighted by Gasteiger charge is 2.20. The van der Waals surface area contributed by atoms with Crippen molar-refractivity contribution >= 4 is 29.1 Å². The van der Waals surface area contributed by atoms with Crippen molar-refractivity contribution in [2.24, 2.45) is 5.10 Å². The number of carbonyl (C=O) groups excluding carboxylic acids is 1. The van der Waals surface area contributed by atoms with Crippen molar-refractivity contribution in [1.82, 2.24) is 5.43 Å². The van der Waals surface area contributed by atoms with Gasteiger partial charge in [-0.25, -0.2) is 5.43 Å². The molecule has 0 spiro atoms. The minimum absolute atomic E-state index is 0.0297. The van der Waals surface area contributed by atoms with E-state index in [9.17, 15) is 14.9 Å². The smallest absolute Gasteiger partial charge is 0.291 e. The molecule has 3 aromatic rings. The number of hydrogen-bond donors (Lipinski definition) is 1. The van der Waals surface area contributed by atoms with Crippen LogP contribution in [0.1, 0.15) is 33.3 Å². The van der Waals surface area contributed by atoms with Gasteiger partial charge in [0.2, 0.25) is 0 Å². The van der Waals surface area contributed by atoms with Crippen molar-refractivity contribution in [3.8, 4) is 5.75 Å². The Morgan fingerprint density at radius 2 is 1.93 bits per heavy atom. The predicted octanol–water partition coefficient (Wildman–Crippen LogP) is 4.56. The van der Waals surface area contributed by atoms with Crippen LogP contribution in [0.25, 0.3) is 0 Å². The Labute approximate surface area is 171 Å². The third-order valence-corrected chi connectivity index (χ3v) is 5.25. The van der Waals surface area contributed by atoms with Crippen molar-refractivity contribution in [2.75, 3.05) is 0 Å². The number of rotatable bonds is 8. The molecule has 8 heteroatoms. The quantitative estimate of drug-likeness (QED) is 0.335. The van der Waals surface area contributed by atoms with E-state index in [0.717, 1.165) is 5.56 Å². The molecule has 2 aromatic carbocycles. The van der Waals surface area contributed by atoms with Crippen LogP contribution in [0.4, 0.5) is 5.69 Å². The number of thiophene rings is 1. The summed E-state index contributed by atoms with van der Waals surface area (Å²) in [5.74, 6) is -0.0302. The number of nitrogens with one attached hydrogen (secondary N) is 1. The van der Waals surface area contributed by atoms with Gasteiger partial charge in [0.25, 0.3) is 11.6 Å². The van der Waals surface area contributed by atoms with E-state index in [-0.39, 0.29) is 5.69 Å². The highest BCUT2D eigenvalue weighted by molar-refractivity contribution is 7.10. The van der Waals surface area contributed by atoms with Gasteiger partial charge in [-0.05, 0) is 24.1 Å². The summed E-state index contributed by atoms with van der Waals surface area (Å²) in [6, 6.07) is 16.5. The molecule has 3 rings (SSSR count). The number of para-hydroxylation sites is 1. The third kappa shape index (κ3) is 5.05. The molecule has 0 atom stereocenters. The van der Waals surface area contributed by atoms with E-state index in [4.69, 9.17) is 4.74 Å². The number of nitro groups is 1. The number of nitrogens with zero attached hydrogens (tertiary/aromatic N) is 2. The largest absolute Gasteiger partial charge is 0.488 e. The normalized spacial score (nSPS) is 10.8. The van der Waals surface area contributed by atoms with Crippen LogP contribution in [-0.4, -0.2) is 17.0 Å². The highest BCUT2D eigenvalue weighted by Crippen LogP contribution is 2.29. The zero-order chi connectivity index (χ0) is 20.6. The van der Waals surface area contributed by atoms with E-state index in [2.05, 4.69) is 10.5 Å². The Morgan fingerprint density at radius 3 is 2.66 bits per heavy atom. The zero-order valence-electron chi connectivity index (χ0n) is 15.7. The Hall–Kier alpha value is -3.52. The molecule has 0 bridgehead atoms. The van der Waals surface area contributed by atoms with Gasteiger partial charge in [0.05, 0.1) is 27.1 Å². The lowest BCUT2D eigenvalue weighted by Gasteiger charge is -2.10. The Kier molecular flexibility index (Phi) is 6.70. The molecule has 0 saturated carbocycles. The number of benzene rings is 2. The summed E-state index contributed by atoms with van der Waals surface area (Å²) in [4.78, 5) is 24.0. The van der Waals surface area contributed by atoms with Gasteiger partial charge < -0.3 is 4.74 Å². The van der Waals surface area contributed by atoms with Gasteiger partial charge >= 0.3 is 0 Å². The first-order valence-electron chi connectivity index (χ1n) is 8.94. The highest BCUT2D eigenvalue weighted by atomic mass is 32.1. The molecule has 1 heterocycles. The van der Waals surface area contributed by atoms with Gasteiger partial charge in [0.15, 0.2) is 0 Å². The fourth-order valence-corrected chi connectivity index (χ4v) is 3.61. The maximum Gasteiger partial charge on any atom is 0.291 e. The van der Waals surface area contributed by atoms with Crippen molar-refractivity contribution < 1.29 is 14.5 Å². The SMILES string of the molecule is CCc1scc(/C=N/NC(=O)c2ccccc2OCc2ccccc2)c1[N+](=O)[O-]. The Morgan fingerprint density at radius 1 is 1.21 bits per heavy atom. The van der Waals surface area contributed by atoms with Crippen LogP contribution in [-0.2, 0) is 13.0 Å². The fourth-order valence-electron chi connectivity index (χ4n) is 2.69. The van der Waals surface area contributed by atoms with E-state index in [1.165, 1.54) is 17.6 Å². The van der Waals surface area contributed by atoms with E-state index in [1.54, 1.807) is 29.6 Å². The Bertz CT molecular complexity index is 1030. The van der Waals surface area contributed by atoms with E-state index in [1.807, 2.05) is 37.3 Å². The average Bonchev–Trinajstić information content (AvgIpc) is 3.16. The van der Waals surface area contributed by atoms with E-state index in [0.29, 0.717) is 34.8 Å². The van der Waals surface area contributed by atoms with E-state index >= 15 is 0 Å². The molecule has 7 nitrogen and oxygen atoms in total. The predicted molar refractivity (Wildman–Crippen MR) is 113 cm³/mol. The molecule has 0 aliphatic rings.